The molecule has 0 bridgehead atoms. The summed E-state index contributed by atoms with van der Waals surface area (Å²) in [5.74, 6) is 1.89. The number of aromatic amines is 1. The Labute approximate surface area is 212 Å². The first kappa shape index (κ1) is 23.0. The molecule has 1 saturated heterocycles. The zero-order valence-corrected chi connectivity index (χ0v) is 20.8. The van der Waals surface area contributed by atoms with Gasteiger partial charge in [0.15, 0.2) is 0 Å². The van der Waals surface area contributed by atoms with Gasteiger partial charge in [-0.1, -0.05) is 31.1 Å². The zero-order valence-electron chi connectivity index (χ0n) is 20.8. The van der Waals surface area contributed by atoms with Crippen molar-refractivity contribution < 1.29 is 0 Å². The van der Waals surface area contributed by atoms with E-state index in [-0.39, 0.29) is 0 Å². The fourth-order valence-corrected chi connectivity index (χ4v) is 6.01. The SMILES string of the molecule is C=CCC(C1CCCC1)n1cc(-c2nc(Nc3ccc(C4CCNCC4)cc3)nc3[nH]ccc23)cn1. The summed E-state index contributed by atoms with van der Waals surface area (Å²) in [7, 11) is 0. The lowest BCUT2D eigenvalue weighted by Gasteiger charge is -2.23. The number of nitrogens with zero attached hydrogens (tertiary/aromatic N) is 4. The van der Waals surface area contributed by atoms with Crippen molar-refractivity contribution in [3.8, 4) is 11.3 Å². The minimum Gasteiger partial charge on any atom is -0.346 e. The van der Waals surface area contributed by atoms with Crippen LogP contribution in [0.4, 0.5) is 11.6 Å². The lowest BCUT2D eigenvalue weighted by Crippen LogP contribution is -2.26. The lowest BCUT2D eigenvalue weighted by molar-refractivity contribution is 0.312. The highest BCUT2D eigenvalue weighted by atomic mass is 15.3. The van der Waals surface area contributed by atoms with Crippen LogP contribution in [0.1, 0.15) is 62.5 Å². The predicted molar refractivity (Wildman–Crippen MR) is 145 cm³/mol. The fourth-order valence-electron chi connectivity index (χ4n) is 6.01. The number of nitrogens with one attached hydrogen (secondary N) is 3. The smallest absolute Gasteiger partial charge is 0.229 e. The minimum atomic E-state index is 0.360. The van der Waals surface area contributed by atoms with Crippen LogP contribution >= 0.6 is 0 Å². The standard InChI is InChI=1S/C29H35N7/c1-2-5-26(22-6-3-4-7-22)36-19-23(18-32-36)27-25-14-17-31-28(25)35-29(34-27)33-24-10-8-20(9-11-24)21-12-15-30-16-13-21/h2,8-11,14,17-19,21-22,26,30H,1,3-7,12-13,15-16H2,(H2,31,33,34,35). The Bertz CT molecular complexity index is 1310. The maximum absolute atomic E-state index is 4.94. The first-order valence-corrected chi connectivity index (χ1v) is 13.4. The third kappa shape index (κ3) is 4.67. The van der Waals surface area contributed by atoms with E-state index < -0.39 is 0 Å². The third-order valence-electron chi connectivity index (χ3n) is 7.96. The topological polar surface area (TPSA) is 83.5 Å². The van der Waals surface area contributed by atoms with E-state index in [0.29, 0.717) is 23.8 Å². The number of anilines is 2. The van der Waals surface area contributed by atoms with E-state index in [1.165, 1.54) is 44.1 Å². The highest BCUT2D eigenvalue weighted by molar-refractivity contribution is 5.91. The van der Waals surface area contributed by atoms with E-state index in [4.69, 9.17) is 15.1 Å². The molecule has 7 nitrogen and oxygen atoms in total. The van der Waals surface area contributed by atoms with Gasteiger partial charge in [-0.15, -0.1) is 6.58 Å². The first-order chi connectivity index (χ1) is 17.8. The summed E-state index contributed by atoms with van der Waals surface area (Å²) in [6, 6.07) is 11.1. The van der Waals surface area contributed by atoms with Gasteiger partial charge in [-0.2, -0.15) is 10.1 Å². The van der Waals surface area contributed by atoms with E-state index in [0.717, 1.165) is 47.5 Å². The Morgan fingerprint density at radius 2 is 1.86 bits per heavy atom. The van der Waals surface area contributed by atoms with Crippen molar-refractivity contribution in [3.63, 3.8) is 0 Å². The molecule has 3 N–H and O–H groups in total. The van der Waals surface area contributed by atoms with Crippen molar-refractivity contribution in [1.29, 1.82) is 0 Å². The minimum absolute atomic E-state index is 0.360. The number of piperidine rings is 1. The van der Waals surface area contributed by atoms with Crippen LogP contribution < -0.4 is 10.6 Å². The normalized spacial score (nSPS) is 18.0. The van der Waals surface area contributed by atoms with Gasteiger partial charge < -0.3 is 15.6 Å². The van der Waals surface area contributed by atoms with Crippen molar-refractivity contribution in [1.82, 2.24) is 30.0 Å². The number of aromatic nitrogens is 5. The molecule has 36 heavy (non-hydrogen) atoms. The second-order valence-corrected chi connectivity index (χ2v) is 10.3. The Balaban J connectivity index is 1.27. The lowest BCUT2D eigenvalue weighted by atomic mass is 9.90. The number of fused-ring (bicyclic) bond motifs is 1. The Morgan fingerprint density at radius 3 is 2.64 bits per heavy atom. The van der Waals surface area contributed by atoms with Gasteiger partial charge in [-0.25, -0.2) is 4.98 Å². The largest absolute Gasteiger partial charge is 0.346 e. The highest BCUT2D eigenvalue weighted by Gasteiger charge is 2.26. The fraction of sp³-hybridized carbons (Fsp3) is 0.414. The molecular weight excluding hydrogens is 446 g/mol. The molecule has 1 unspecified atom stereocenters. The molecule has 1 atom stereocenters. The van der Waals surface area contributed by atoms with Crippen LogP contribution in [0.5, 0.6) is 0 Å². The monoisotopic (exact) mass is 481 g/mol. The second-order valence-electron chi connectivity index (χ2n) is 10.3. The van der Waals surface area contributed by atoms with Gasteiger partial charge >= 0.3 is 0 Å². The average Bonchev–Trinajstić information content (AvgIpc) is 3.70. The van der Waals surface area contributed by atoms with Crippen LogP contribution in [0.15, 0.2) is 61.6 Å². The number of H-pyrrole nitrogens is 1. The Kier molecular flexibility index (Phi) is 6.55. The predicted octanol–water partition coefficient (Wildman–Crippen LogP) is 6.34. The van der Waals surface area contributed by atoms with Gasteiger partial charge in [-0.05, 0) is 80.8 Å². The Hall–Kier alpha value is -3.45. The number of allylic oxidation sites excluding steroid dienone is 1. The molecule has 0 amide bonds. The number of hydrogen-bond donors (Lipinski definition) is 3. The van der Waals surface area contributed by atoms with E-state index in [9.17, 15) is 0 Å². The summed E-state index contributed by atoms with van der Waals surface area (Å²) in [6.07, 6.45) is 16.6. The first-order valence-electron chi connectivity index (χ1n) is 13.4. The van der Waals surface area contributed by atoms with Gasteiger partial charge in [0.1, 0.15) is 5.65 Å². The molecule has 7 heteroatoms. The summed E-state index contributed by atoms with van der Waals surface area (Å²) in [5, 5.41) is 12.7. The molecule has 3 aromatic heterocycles. The van der Waals surface area contributed by atoms with Crippen molar-refractivity contribution in [2.45, 2.75) is 56.9 Å². The van der Waals surface area contributed by atoms with E-state index >= 15 is 0 Å². The summed E-state index contributed by atoms with van der Waals surface area (Å²) < 4.78 is 2.14. The molecule has 1 aliphatic heterocycles. The summed E-state index contributed by atoms with van der Waals surface area (Å²) in [5.41, 5.74) is 5.13. The molecule has 1 aromatic carbocycles. The van der Waals surface area contributed by atoms with Crippen LogP contribution in [0.25, 0.3) is 22.3 Å². The third-order valence-corrected chi connectivity index (χ3v) is 7.96. The van der Waals surface area contributed by atoms with Gasteiger partial charge in [0.25, 0.3) is 0 Å². The van der Waals surface area contributed by atoms with Crippen molar-refractivity contribution >= 4 is 22.7 Å². The highest BCUT2D eigenvalue weighted by Crippen LogP contribution is 2.37. The number of benzene rings is 1. The zero-order chi connectivity index (χ0) is 24.3. The van der Waals surface area contributed by atoms with Gasteiger partial charge in [0.05, 0.1) is 17.9 Å². The van der Waals surface area contributed by atoms with Crippen LogP contribution in [0.3, 0.4) is 0 Å². The van der Waals surface area contributed by atoms with E-state index in [2.05, 4.69) is 57.3 Å². The van der Waals surface area contributed by atoms with E-state index in [1.807, 2.05) is 24.5 Å². The van der Waals surface area contributed by atoms with Gasteiger partial charge in [0.2, 0.25) is 5.95 Å². The Morgan fingerprint density at radius 1 is 1.06 bits per heavy atom. The summed E-state index contributed by atoms with van der Waals surface area (Å²) in [4.78, 5) is 12.9. The van der Waals surface area contributed by atoms with Gasteiger partial charge in [-0.3, -0.25) is 4.68 Å². The molecule has 4 heterocycles. The van der Waals surface area contributed by atoms with Crippen molar-refractivity contribution in [2.75, 3.05) is 18.4 Å². The summed E-state index contributed by atoms with van der Waals surface area (Å²) >= 11 is 0. The number of hydrogen-bond acceptors (Lipinski definition) is 5. The molecule has 6 rings (SSSR count). The van der Waals surface area contributed by atoms with Crippen molar-refractivity contribution in [2.24, 2.45) is 5.92 Å². The maximum atomic E-state index is 4.94. The quantitative estimate of drug-likeness (QED) is 0.256. The van der Waals surface area contributed by atoms with Crippen LogP contribution in [0, 0.1) is 5.92 Å². The second kappa shape index (κ2) is 10.3. The molecule has 1 aliphatic carbocycles. The van der Waals surface area contributed by atoms with Crippen LogP contribution in [-0.2, 0) is 0 Å². The van der Waals surface area contributed by atoms with E-state index in [1.54, 1.807) is 0 Å². The molecule has 2 fully saturated rings. The molecule has 2 aliphatic rings. The maximum Gasteiger partial charge on any atom is 0.229 e. The average molecular weight is 482 g/mol. The molecule has 0 spiro atoms. The summed E-state index contributed by atoms with van der Waals surface area (Å²) in [6.45, 7) is 6.20. The van der Waals surface area contributed by atoms with Crippen LogP contribution in [-0.4, -0.2) is 37.8 Å². The molecule has 1 saturated carbocycles. The number of rotatable bonds is 8. The molecule has 186 valence electrons. The van der Waals surface area contributed by atoms with Crippen LogP contribution in [0.2, 0.25) is 0 Å². The molecule has 0 radical (unpaired) electrons. The van der Waals surface area contributed by atoms with Gasteiger partial charge in [0, 0.05) is 29.0 Å². The van der Waals surface area contributed by atoms with Crippen molar-refractivity contribution in [3.05, 3.63) is 67.1 Å². The molecule has 4 aromatic rings. The molecular formula is C29H35N7.